The summed E-state index contributed by atoms with van der Waals surface area (Å²) in [6.45, 7) is -0.101. The number of amides is 1. The lowest BCUT2D eigenvalue weighted by molar-refractivity contribution is -0.123. The van der Waals surface area contributed by atoms with Gasteiger partial charge in [-0.3, -0.25) is 4.79 Å². The van der Waals surface area contributed by atoms with Crippen LogP contribution in [0, 0.1) is 18.2 Å². The molecule has 0 radical (unpaired) electrons. The number of hydrogen-bond acceptors (Lipinski definition) is 4. The van der Waals surface area contributed by atoms with Crippen molar-refractivity contribution >= 4 is 23.2 Å². The number of hydrogen-bond donors (Lipinski definition) is 2. The lowest BCUT2D eigenvalue weighted by Crippen LogP contribution is -2.28. The number of nitrogens with one attached hydrogen (secondary N) is 1. The summed E-state index contributed by atoms with van der Waals surface area (Å²) in [7, 11) is 0. The summed E-state index contributed by atoms with van der Waals surface area (Å²) in [6.07, 6.45) is 6.65. The van der Waals surface area contributed by atoms with Crippen molar-refractivity contribution in [2.75, 3.05) is 12.3 Å². The number of carbonyl (C=O) groups excluding carboxylic acids is 1. The van der Waals surface area contributed by atoms with E-state index in [2.05, 4.69) is 16.2 Å². The molecule has 1 aromatic heterocycles. The van der Waals surface area contributed by atoms with Crippen molar-refractivity contribution in [1.29, 1.82) is 0 Å². The van der Waals surface area contributed by atoms with Gasteiger partial charge in [0.15, 0.2) is 6.61 Å². The van der Waals surface area contributed by atoms with Crippen LogP contribution in [0.15, 0.2) is 30.5 Å². The van der Waals surface area contributed by atoms with Gasteiger partial charge >= 0.3 is 0 Å². The lowest BCUT2D eigenvalue weighted by Gasteiger charge is -2.09. The predicted octanol–water partition coefficient (Wildman–Crippen LogP) is 2.13. The molecule has 0 saturated heterocycles. The molecule has 0 aliphatic carbocycles. The average molecular weight is 334 g/mol. The minimum Gasteiger partial charge on any atom is -0.482 e. The summed E-state index contributed by atoms with van der Waals surface area (Å²) in [5, 5.41) is 2.92. The Morgan fingerprint density at radius 1 is 1.48 bits per heavy atom. The second-order valence-corrected chi connectivity index (χ2v) is 4.95. The van der Waals surface area contributed by atoms with Crippen LogP contribution in [-0.4, -0.2) is 17.5 Å². The van der Waals surface area contributed by atoms with Gasteiger partial charge in [-0.25, -0.2) is 9.37 Å². The van der Waals surface area contributed by atoms with Crippen LogP contribution >= 0.6 is 11.6 Å². The number of nitrogens with two attached hydrogens (primary N) is 1. The molecule has 23 heavy (non-hydrogen) atoms. The maximum atomic E-state index is 13.6. The SMILES string of the molecule is C#Cc1cc(CNC(=O)COc2ccc(Cl)nc2)cc(F)c1N. The Morgan fingerprint density at radius 3 is 2.91 bits per heavy atom. The number of nitrogen functional groups attached to an aromatic ring is 1. The minimum atomic E-state index is -0.617. The van der Waals surface area contributed by atoms with Gasteiger partial charge in [0, 0.05) is 6.54 Å². The van der Waals surface area contributed by atoms with E-state index in [9.17, 15) is 9.18 Å². The van der Waals surface area contributed by atoms with E-state index in [0.29, 0.717) is 16.5 Å². The maximum Gasteiger partial charge on any atom is 0.258 e. The third kappa shape index (κ3) is 4.59. The second-order valence-electron chi connectivity index (χ2n) is 4.57. The molecular weight excluding hydrogens is 321 g/mol. The lowest BCUT2D eigenvalue weighted by atomic mass is 10.1. The second kappa shape index (κ2) is 7.47. The number of benzene rings is 1. The summed E-state index contributed by atoms with van der Waals surface area (Å²) >= 11 is 5.64. The standard InChI is InChI=1S/C16H13ClFN3O2/c1-2-11-5-10(6-13(18)16(11)19)7-21-15(22)9-23-12-3-4-14(17)20-8-12/h1,3-6,8H,7,9,19H2,(H,21,22). The summed E-state index contributed by atoms with van der Waals surface area (Å²) in [4.78, 5) is 15.5. The Morgan fingerprint density at radius 2 is 2.26 bits per heavy atom. The zero-order chi connectivity index (χ0) is 16.8. The van der Waals surface area contributed by atoms with Gasteiger partial charge in [0.25, 0.3) is 5.91 Å². The molecule has 0 bridgehead atoms. The van der Waals surface area contributed by atoms with Crippen molar-refractivity contribution in [3.8, 4) is 18.1 Å². The fourth-order valence-electron chi connectivity index (χ4n) is 1.74. The molecule has 3 N–H and O–H groups in total. The molecule has 2 rings (SSSR count). The summed E-state index contributed by atoms with van der Waals surface area (Å²) in [5.74, 6) is 1.72. The Balaban J connectivity index is 1.88. The highest BCUT2D eigenvalue weighted by molar-refractivity contribution is 6.29. The van der Waals surface area contributed by atoms with Crippen LogP contribution in [-0.2, 0) is 11.3 Å². The fourth-order valence-corrected chi connectivity index (χ4v) is 1.86. The molecule has 0 fully saturated rings. The molecule has 1 heterocycles. The molecule has 2 aromatic rings. The van der Waals surface area contributed by atoms with Gasteiger partial charge in [0.2, 0.25) is 0 Å². The third-order valence-electron chi connectivity index (χ3n) is 2.90. The highest BCUT2D eigenvalue weighted by atomic mass is 35.5. The molecule has 0 aliphatic rings. The van der Waals surface area contributed by atoms with Crippen molar-refractivity contribution in [1.82, 2.24) is 10.3 Å². The Kier molecular flexibility index (Phi) is 5.39. The normalized spacial score (nSPS) is 9.96. The number of carbonyl (C=O) groups is 1. The van der Waals surface area contributed by atoms with Crippen LogP contribution in [0.2, 0.25) is 5.15 Å². The first-order chi connectivity index (χ1) is 11.0. The van der Waals surface area contributed by atoms with Gasteiger partial charge in [-0.15, -0.1) is 6.42 Å². The van der Waals surface area contributed by atoms with E-state index in [4.69, 9.17) is 28.5 Å². The van der Waals surface area contributed by atoms with Gasteiger partial charge in [0.1, 0.15) is 16.7 Å². The number of nitrogens with zero attached hydrogens (tertiary/aromatic N) is 1. The number of anilines is 1. The van der Waals surface area contributed by atoms with Crippen LogP contribution in [0.5, 0.6) is 5.75 Å². The van der Waals surface area contributed by atoms with Gasteiger partial charge < -0.3 is 15.8 Å². The Labute approximate surface area is 137 Å². The van der Waals surface area contributed by atoms with E-state index in [-0.39, 0.29) is 30.3 Å². The van der Waals surface area contributed by atoms with E-state index in [0.717, 1.165) is 0 Å². The van der Waals surface area contributed by atoms with Crippen LogP contribution in [0.25, 0.3) is 0 Å². The summed E-state index contributed by atoms with van der Waals surface area (Å²) < 4.78 is 18.8. The van der Waals surface area contributed by atoms with E-state index < -0.39 is 5.82 Å². The van der Waals surface area contributed by atoms with Crippen molar-refractivity contribution in [3.63, 3.8) is 0 Å². The van der Waals surface area contributed by atoms with Crippen LogP contribution in [0.3, 0.4) is 0 Å². The molecule has 1 aromatic carbocycles. The topological polar surface area (TPSA) is 77.2 Å². The monoisotopic (exact) mass is 333 g/mol. The van der Waals surface area contributed by atoms with Gasteiger partial charge in [0.05, 0.1) is 17.4 Å². The predicted molar refractivity (Wildman–Crippen MR) is 85.3 cm³/mol. The zero-order valence-corrected chi connectivity index (χ0v) is 12.7. The molecule has 118 valence electrons. The van der Waals surface area contributed by atoms with Crippen molar-refractivity contribution in [2.24, 2.45) is 0 Å². The molecule has 5 nitrogen and oxygen atoms in total. The number of pyridine rings is 1. The Hall–Kier alpha value is -2.78. The quantitative estimate of drug-likeness (QED) is 0.499. The largest absolute Gasteiger partial charge is 0.482 e. The highest BCUT2D eigenvalue weighted by Crippen LogP contribution is 2.18. The van der Waals surface area contributed by atoms with Crippen molar-refractivity contribution in [3.05, 3.63) is 52.6 Å². The number of halogens is 2. The van der Waals surface area contributed by atoms with E-state index >= 15 is 0 Å². The fraction of sp³-hybridized carbons (Fsp3) is 0.125. The van der Waals surface area contributed by atoms with Crippen LogP contribution in [0.1, 0.15) is 11.1 Å². The molecule has 0 saturated carbocycles. The van der Waals surface area contributed by atoms with E-state index in [1.807, 2.05) is 0 Å². The first-order valence-corrected chi connectivity index (χ1v) is 6.93. The molecule has 0 aliphatic heterocycles. The van der Waals surface area contributed by atoms with Crippen LogP contribution in [0.4, 0.5) is 10.1 Å². The average Bonchev–Trinajstić information content (AvgIpc) is 2.55. The molecule has 0 spiro atoms. The van der Waals surface area contributed by atoms with Crippen molar-refractivity contribution < 1.29 is 13.9 Å². The minimum absolute atomic E-state index is 0.0823. The molecule has 0 atom stereocenters. The zero-order valence-electron chi connectivity index (χ0n) is 12.0. The smallest absolute Gasteiger partial charge is 0.258 e. The number of terminal acetylenes is 1. The Bertz CT molecular complexity index is 757. The molecular formula is C16H13ClFN3O2. The van der Waals surface area contributed by atoms with Gasteiger partial charge in [-0.1, -0.05) is 17.5 Å². The third-order valence-corrected chi connectivity index (χ3v) is 3.13. The van der Waals surface area contributed by atoms with E-state index in [1.54, 1.807) is 18.2 Å². The highest BCUT2D eigenvalue weighted by Gasteiger charge is 2.08. The van der Waals surface area contributed by atoms with Crippen LogP contribution < -0.4 is 15.8 Å². The molecule has 1 amide bonds. The molecule has 0 unspecified atom stereocenters. The number of aromatic nitrogens is 1. The summed E-state index contributed by atoms with van der Waals surface area (Å²) in [5.41, 5.74) is 6.17. The van der Waals surface area contributed by atoms with Crippen molar-refractivity contribution in [2.45, 2.75) is 6.54 Å². The first kappa shape index (κ1) is 16.6. The first-order valence-electron chi connectivity index (χ1n) is 6.55. The summed E-state index contributed by atoms with van der Waals surface area (Å²) in [6, 6.07) is 5.91. The van der Waals surface area contributed by atoms with Gasteiger partial charge in [-0.05, 0) is 29.8 Å². The maximum absolute atomic E-state index is 13.6. The molecule has 7 heteroatoms. The van der Waals surface area contributed by atoms with Gasteiger partial charge in [-0.2, -0.15) is 0 Å². The van der Waals surface area contributed by atoms with E-state index in [1.165, 1.54) is 12.3 Å². The number of ether oxygens (including phenoxy) is 1. The number of rotatable bonds is 5.